The van der Waals surface area contributed by atoms with Gasteiger partial charge in [0.05, 0.1) is 5.69 Å². The van der Waals surface area contributed by atoms with Crippen molar-refractivity contribution < 1.29 is 9.18 Å². The first kappa shape index (κ1) is 9.15. The Morgan fingerprint density at radius 1 is 1.57 bits per heavy atom. The molecule has 1 aromatic rings. The summed E-state index contributed by atoms with van der Waals surface area (Å²) >= 11 is 0. The second kappa shape index (κ2) is 3.06. The van der Waals surface area contributed by atoms with Crippen LogP contribution in [0.2, 0.25) is 0 Å². The molecule has 4 heteroatoms. The van der Waals surface area contributed by atoms with Gasteiger partial charge in [-0.15, -0.1) is 0 Å². The zero-order valence-corrected chi connectivity index (χ0v) is 7.83. The predicted molar refractivity (Wildman–Crippen MR) is 51.4 cm³/mol. The molecule has 74 valence electrons. The molecule has 2 N–H and O–H groups in total. The van der Waals surface area contributed by atoms with Crippen LogP contribution >= 0.6 is 0 Å². The zero-order valence-electron chi connectivity index (χ0n) is 7.83. The maximum atomic E-state index is 12.9. The van der Waals surface area contributed by atoms with Crippen molar-refractivity contribution in [2.24, 2.45) is 5.73 Å². The fourth-order valence-corrected chi connectivity index (χ4v) is 1.76. The van der Waals surface area contributed by atoms with Gasteiger partial charge >= 0.3 is 0 Å². The summed E-state index contributed by atoms with van der Waals surface area (Å²) in [6.07, 6.45) is 0. The van der Waals surface area contributed by atoms with E-state index >= 15 is 0 Å². The van der Waals surface area contributed by atoms with Gasteiger partial charge in [-0.1, -0.05) is 6.07 Å². The van der Waals surface area contributed by atoms with E-state index in [1.807, 2.05) is 6.92 Å². The number of anilines is 1. The number of hydrogen-bond acceptors (Lipinski definition) is 2. The zero-order chi connectivity index (χ0) is 10.3. The summed E-state index contributed by atoms with van der Waals surface area (Å²) in [5, 5.41) is 0. The van der Waals surface area contributed by atoms with Gasteiger partial charge in [-0.3, -0.25) is 4.79 Å². The minimum Gasteiger partial charge on any atom is -0.316 e. The predicted octanol–water partition coefficient (Wildman–Crippen LogP) is 1.19. The number of rotatable bonds is 1. The van der Waals surface area contributed by atoms with Gasteiger partial charge in [0.2, 0.25) is 5.91 Å². The number of nitrogens with zero attached hydrogens (tertiary/aromatic N) is 1. The van der Waals surface area contributed by atoms with Gasteiger partial charge in [0.25, 0.3) is 0 Å². The quantitative estimate of drug-likeness (QED) is 0.730. The second-order valence-corrected chi connectivity index (χ2v) is 3.26. The summed E-state index contributed by atoms with van der Waals surface area (Å²) in [6, 6.07) is 3.61. The molecule has 0 bridgehead atoms. The van der Waals surface area contributed by atoms with Gasteiger partial charge in [0, 0.05) is 12.1 Å². The van der Waals surface area contributed by atoms with Crippen molar-refractivity contribution in [3.63, 3.8) is 0 Å². The van der Waals surface area contributed by atoms with Crippen molar-refractivity contribution in [2.45, 2.75) is 13.0 Å². The Kier molecular flexibility index (Phi) is 2.00. The molecule has 0 saturated carbocycles. The SMILES string of the molecule is CCN1C(=O)C(N)c2ccc(F)cc21. The Hall–Kier alpha value is -1.42. The number of carbonyl (C=O) groups is 1. The Balaban J connectivity index is 2.56. The lowest BCUT2D eigenvalue weighted by molar-refractivity contribution is -0.119. The first-order valence-corrected chi connectivity index (χ1v) is 4.51. The minimum absolute atomic E-state index is 0.159. The van der Waals surface area contributed by atoms with Crippen LogP contribution in [0.25, 0.3) is 0 Å². The van der Waals surface area contributed by atoms with Crippen LogP contribution in [0.4, 0.5) is 10.1 Å². The lowest BCUT2D eigenvalue weighted by Crippen LogP contribution is -2.31. The normalized spacial score (nSPS) is 20.1. The number of amides is 1. The molecule has 1 unspecified atom stereocenters. The van der Waals surface area contributed by atoms with Crippen molar-refractivity contribution in [2.75, 3.05) is 11.4 Å². The molecule has 0 saturated heterocycles. The average molecular weight is 194 g/mol. The molecule has 1 aliphatic heterocycles. The Morgan fingerprint density at radius 2 is 2.29 bits per heavy atom. The van der Waals surface area contributed by atoms with Gasteiger partial charge in [-0.2, -0.15) is 0 Å². The summed E-state index contributed by atoms with van der Waals surface area (Å²) in [4.78, 5) is 13.1. The maximum absolute atomic E-state index is 12.9. The van der Waals surface area contributed by atoms with Gasteiger partial charge in [0.1, 0.15) is 11.9 Å². The monoisotopic (exact) mass is 194 g/mol. The highest BCUT2D eigenvalue weighted by Crippen LogP contribution is 2.34. The highest BCUT2D eigenvalue weighted by molar-refractivity contribution is 6.04. The van der Waals surface area contributed by atoms with Crippen LogP contribution in [-0.4, -0.2) is 12.5 Å². The Morgan fingerprint density at radius 3 is 2.93 bits per heavy atom. The van der Waals surface area contributed by atoms with Crippen LogP contribution in [0.15, 0.2) is 18.2 Å². The summed E-state index contributed by atoms with van der Waals surface area (Å²) in [6.45, 7) is 2.35. The van der Waals surface area contributed by atoms with E-state index < -0.39 is 6.04 Å². The molecule has 1 amide bonds. The van der Waals surface area contributed by atoms with E-state index in [1.165, 1.54) is 17.0 Å². The van der Waals surface area contributed by atoms with Crippen molar-refractivity contribution >= 4 is 11.6 Å². The van der Waals surface area contributed by atoms with Gasteiger partial charge in [-0.05, 0) is 19.1 Å². The largest absolute Gasteiger partial charge is 0.316 e. The molecule has 0 radical (unpaired) electrons. The van der Waals surface area contributed by atoms with Crippen molar-refractivity contribution in [1.82, 2.24) is 0 Å². The average Bonchev–Trinajstić information content (AvgIpc) is 2.39. The third kappa shape index (κ3) is 1.11. The van der Waals surface area contributed by atoms with E-state index in [1.54, 1.807) is 6.07 Å². The van der Waals surface area contributed by atoms with Crippen LogP contribution < -0.4 is 10.6 Å². The number of hydrogen-bond donors (Lipinski definition) is 1. The topological polar surface area (TPSA) is 46.3 Å². The van der Waals surface area contributed by atoms with E-state index in [-0.39, 0.29) is 11.7 Å². The number of likely N-dealkylation sites (N-methyl/N-ethyl adjacent to an activating group) is 1. The fourth-order valence-electron chi connectivity index (χ4n) is 1.76. The van der Waals surface area contributed by atoms with Crippen molar-refractivity contribution in [1.29, 1.82) is 0 Å². The van der Waals surface area contributed by atoms with E-state index in [0.29, 0.717) is 17.8 Å². The van der Waals surface area contributed by atoms with Gasteiger partial charge in [0.15, 0.2) is 0 Å². The molecule has 0 spiro atoms. The van der Waals surface area contributed by atoms with E-state index in [0.717, 1.165) is 0 Å². The molecule has 1 aromatic carbocycles. The molecule has 1 heterocycles. The highest BCUT2D eigenvalue weighted by Gasteiger charge is 2.33. The molecular formula is C10H11FN2O. The first-order valence-electron chi connectivity index (χ1n) is 4.51. The number of halogens is 1. The number of fused-ring (bicyclic) bond motifs is 1. The summed E-state index contributed by atoms with van der Waals surface area (Å²) in [5.74, 6) is -0.503. The van der Waals surface area contributed by atoms with E-state index in [2.05, 4.69) is 0 Å². The standard InChI is InChI=1S/C10H11FN2O/c1-2-13-8-5-6(11)3-4-7(8)9(12)10(13)14/h3-5,9H,2,12H2,1H3. The van der Waals surface area contributed by atoms with Gasteiger partial charge < -0.3 is 10.6 Å². The summed E-state index contributed by atoms with van der Waals surface area (Å²) in [5.41, 5.74) is 7.00. The molecular weight excluding hydrogens is 183 g/mol. The van der Waals surface area contributed by atoms with Crippen molar-refractivity contribution in [3.8, 4) is 0 Å². The summed E-state index contributed by atoms with van der Waals surface area (Å²) < 4.78 is 12.9. The molecule has 14 heavy (non-hydrogen) atoms. The Bertz CT molecular complexity index is 392. The van der Waals surface area contributed by atoms with E-state index in [4.69, 9.17) is 5.73 Å². The molecule has 3 nitrogen and oxygen atoms in total. The van der Waals surface area contributed by atoms with Crippen LogP contribution in [0.5, 0.6) is 0 Å². The van der Waals surface area contributed by atoms with Crippen LogP contribution in [-0.2, 0) is 4.79 Å². The second-order valence-electron chi connectivity index (χ2n) is 3.26. The van der Waals surface area contributed by atoms with Crippen molar-refractivity contribution in [3.05, 3.63) is 29.6 Å². The van der Waals surface area contributed by atoms with Crippen LogP contribution in [0.3, 0.4) is 0 Å². The lowest BCUT2D eigenvalue weighted by atomic mass is 10.1. The molecule has 0 fully saturated rings. The van der Waals surface area contributed by atoms with Gasteiger partial charge in [-0.25, -0.2) is 4.39 Å². The molecule has 0 aliphatic carbocycles. The fraction of sp³-hybridized carbons (Fsp3) is 0.300. The lowest BCUT2D eigenvalue weighted by Gasteiger charge is -2.14. The first-order chi connectivity index (χ1) is 6.65. The smallest absolute Gasteiger partial charge is 0.248 e. The number of carbonyl (C=O) groups excluding carboxylic acids is 1. The highest BCUT2D eigenvalue weighted by atomic mass is 19.1. The minimum atomic E-state index is -0.634. The summed E-state index contributed by atoms with van der Waals surface area (Å²) in [7, 11) is 0. The number of nitrogens with two attached hydrogens (primary N) is 1. The van der Waals surface area contributed by atoms with Crippen LogP contribution in [0.1, 0.15) is 18.5 Å². The molecule has 0 aromatic heterocycles. The molecule has 1 atom stereocenters. The molecule has 2 rings (SSSR count). The third-order valence-electron chi connectivity index (χ3n) is 2.47. The third-order valence-corrected chi connectivity index (χ3v) is 2.47. The maximum Gasteiger partial charge on any atom is 0.248 e. The van der Waals surface area contributed by atoms with Crippen LogP contribution in [0, 0.1) is 5.82 Å². The Labute approximate surface area is 81.3 Å². The molecule has 1 aliphatic rings. The van der Waals surface area contributed by atoms with E-state index in [9.17, 15) is 9.18 Å². The number of benzene rings is 1.